The van der Waals surface area contributed by atoms with Crippen molar-refractivity contribution in [1.29, 1.82) is 0 Å². The molecule has 0 atom stereocenters. The standard InChI is InChI=1S/C20H23N5/c1-2-21-20(22-15-17-8-4-3-5-9-17)23-16-18-10-6-11-19(14-18)25-13-7-12-24-25/h3-14H,2,15-16H2,1H3,(H2,21,22,23). The Labute approximate surface area is 148 Å². The van der Waals surface area contributed by atoms with Gasteiger partial charge in [0.2, 0.25) is 0 Å². The van der Waals surface area contributed by atoms with Crippen LogP contribution >= 0.6 is 0 Å². The maximum atomic E-state index is 4.69. The number of benzene rings is 2. The highest BCUT2D eigenvalue weighted by Crippen LogP contribution is 2.10. The second kappa shape index (κ2) is 8.68. The summed E-state index contributed by atoms with van der Waals surface area (Å²) in [6, 6.07) is 20.5. The fourth-order valence-electron chi connectivity index (χ4n) is 2.51. The van der Waals surface area contributed by atoms with Crippen molar-refractivity contribution in [3.63, 3.8) is 0 Å². The third kappa shape index (κ3) is 4.94. The Hall–Kier alpha value is -3.08. The zero-order valence-electron chi connectivity index (χ0n) is 14.4. The monoisotopic (exact) mass is 333 g/mol. The average molecular weight is 333 g/mol. The van der Waals surface area contributed by atoms with Crippen molar-refractivity contribution in [3.05, 3.63) is 84.2 Å². The molecule has 0 fully saturated rings. The molecule has 2 N–H and O–H groups in total. The molecule has 0 bridgehead atoms. The minimum absolute atomic E-state index is 0.610. The van der Waals surface area contributed by atoms with Gasteiger partial charge in [0.15, 0.2) is 5.96 Å². The summed E-state index contributed by atoms with van der Waals surface area (Å²) < 4.78 is 1.85. The normalized spacial score (nSPS) is 11.3. The highest BCUT2D eigenvalue weighted by atomic mass is 15.3. The van der Waals surface area contributed by atoms with Crippen LogP contribution in [0.2, 0.25) is 0 Å². The minimum atomic E-state index is 0.610. The van der Waals surface area contributed by atoms with E-state index in [1.807, 2.05) is 47.3 Å². The minimum Gasteiger partial charge on any atom is -0.357 e. The summed E-state index contributed by atoms with van der Waals surface area (Å²) in [5.41, 5.74) is 3.42. The molecule has 2 aromatic carbocycles. The van der Waals surface area contributed by atoms with Gasteiger partial charge in [-0.2, -0.15) is 5.10 Å². The Morgan fingerprint density at radius 3 is 2.60 bits per heavy atom. The summed E-state index contributed by atoms with van der Waals surface area (Å²) in [5, 5.41) is 10.9. The van der Waals surface area contributed by atoms with Crippen molar-refractivity contribution in [2.24, 2.45) is 4.99 Å². The largest absolute Gasteiger partial charge is 0.357 e. The molecule has 0 unspecified atom stereocenters. The Morgan fingerprint density at radius 1 is 1.00 bits per heavy atom. The molecule has 3 rings (SSSR count). The van der Waals surface area contributed by atoms with Crippen LogP contribution in [0.5, 0.6) is 0 Å². The topological polar surface area (TPSA) is 54.2 Å². The Morgan fingerprint density at radius 2 is 1.84 bits per heavy atom. The summed E-state index contributed by atoms with van der Waals surface area (Å²) >= 11 is 0. The van der Waals surface area contributed by atoms with E-state index >= 15 is 0 Å². The smallest absolute Gasteiger partial charge is 0.191 e. The summed E-state index contributed by atoms with van der Waals surface area (Å²) in [5.74, 6) is 0.816. The Kier molecular flexibility index (Phi) is 5.82. The summed E-state index contributed by atoms with van der Waals surface area (Å²) in [4.78, 5) is 4.69. The molecule has 5 nitrogen and oxygen atoms in total. The third-order valence-corrected chi connectivity index (χ3v) is 3.75. The molecule has 25 heavy (non-hydrogen) atoms. The van der Waals surface area contributed by atoms with Crippen LogP contribution in [-0.4, -0.2) is 22.3 Å². The van der Waals surface area contributed by atoms with Crippen molar-refractivity contribution in [3.8, 4) is 5.69 Å². The Bertz CT molecular complexity index is 794. The fourth-order valence-corrected chi connectivity index (χ4v) is 2.51. The first-order valence-corrected chi connectivity index (χ1v) is 8.50. The van der Waals surface area contributed by atoms with E-state index in [1.165, 1.54) is 5.56 Å². The van der Waals surface area contributed by atoms with Gasteiger partial charge in [-0.3, -0.25) is 0 Å². The number of hydrogen-bond donors (Lipinski definition) is 2. The summed E-state index contributed by atoms with van der Waals surface area (Å²) in [6.45, 7) is 4.26. The zero-order chi connectivity index (χ0) is 17.3. The molecule has 128 valence electrons. The van der Waals surface area contributed by atoms with Gasteiger partial charge >= 0.3 is 0 Å². The lowest BCUT2D eigenvalue weighted by atomic mass is 10.2. The molecule has 1 aromatic heterocycles. The molecule has 0 aliphatic carbocycles. The van der Waals surface area contributed by atoms with Gasteiger partial charge in [-0.1, -0.05) is 42.5 Å². The Balaban J connectivity index is 1.66. The third-order valence-electron chi connectivity index (χ3n) is 3.75. The number of nitrogens with zero attached hydrogens (tertiary/aromatic N) is 3. The quantitative estimate of drug-likeness (QED) is 0.538. The van der Waals surface area contributed by atoms with E-state index in [9.17, 15) is 0 Å². The first kappa shape index (κ1) is 16.8. The zero-order valence-corrected chi connectivity index (χ0v) is 14.4. The second-order valence-electron chi connectivity index (χ2n) is 5.65. The predicted molar refractivity (Wildman–Crippen MR) is 102 cm³/mol. The van der Waals surface area contributed by atoms with E-state index in [1.54, 1.807) is 6.20 Å². The van der Waals surface area contributed by atoms with Crippen LogP contribution in [0, 0.1) is 0 Å². The number of nitrogens with one attached hydrogen (secondary N) is 2. The van der Waals surface area contributed by atoms with Gasteiger partial charge in [0, 0.05) is 25.5 Å². The molecule has 1 heterocycles. The van der Waals surface area contributed by atoms with Gasteiger partial charge in [-0.05, 0) is 36.2 Å². The number of rotatable bonds is 6. The molecule has 5 heteroatoms. The summed E-state index contributed by atoms with van der Waals surface area (Å²) in [6.07, 6.45) is 3.72. The van der Waals surface area contributed by atoms with Crippen LogP contribution in [0.25, 0.3) is 5.69 Å². The summed E-state index contributed by atoms with van der Waals surface area (Å²) in [7, 11) is 0. The van der Waals surface area contributed by atoms with Gasteiger partial charge in [-0.15, -0.1) is 0 Å². The molecule has 0 aliphatic heterocycles. The van der Waals surface area contributed by atoms with Crippen LogP contribution in [0.4, 0.5) is 0 Å². The number of aliphatic imine (C=N–C) groups is 1. The predicted octanol–water partition coefficient (Wildman–Crippen LogP) is 3.13. The van der Waals surface area contributed by atoms with E-state index in [0.717, 1.165) is 30.3 Å². The molecule has 0 radical (unpaired) electrons. The van der Waals surface area contributed by atoms with E-state index in [0.29, 0.717) is 6.54 Å². The lowest BCUT2D eigenvalue weighted by Crippen LogP contribution is -2.36. The number of aromatic nitrogens is 2. The van der Waals surface area contributed by atoms with E-state index in [-0.39, 0.29) is 0 Å². The van der Waals surface area contributed by atoms with Gasteiger partial charge in [0.25, 0.3) is 0 Å². The fraction of sp³-hybridized carbons (Fsp3) is 0.200. The average Bonchev–Trinajstić information content (AvgIpc) is 3.20. The lowest BCUT2D eigenvalue weighted by molar-refractivity contribution is 0.815. The van der Waals surface area contributed by atoms with Crippen molar-refractivity contribution >= 4 is 5.96 Å². The maximum Gasteiger partial charge on any atom is 0.191 e. The van der Waals surface area contributed by atoms with Gasteiger partial charge < -0.3 is 10.6 Å². The van der Waals surface area contributed by atoms with Crippen molar-refractivity contribution in [2.45, 2.75) is 20.0 Å². The molecule has 0 saturated heterocycles. The van der Waals surface area contributed by atoms with Crippen LogP contribution < -0.4 is 10.6 Å². The molecule has 3 aromatic rings. The van der Waals surface area contributed by atoms with Crippen LogP contribution in [-0.2, 0) is 13.1 Å². The first-order chi connectivity index (χ1) is 12.3. The molecule has 0 saturated carbocycles. The SMILES string of the molecule is CCNC(=NCc1cccc(-n2cccn2)c1)NCc1ccccc1. The van der Waals surface area contributed by atoms with Gasteiger partial charge in [0.1, 0.15) is 0 Å². The van der Waals surface area contributed by atoms with Crippen molar-refractivity contribution < 1.29 is 0 Å². The highest BCUT2D eigenvalue weighted by molar-refractivity contribution is 5.79. The second-order valence-corrected chi connectivity index (χ2v) is 5.65. The molecule has 0 spiro atoms. The lowest BCUT2D eigenvalue weighted by Gasteiger charge is -2.11. The highest BCUT2D eigenvalue weighted by Gasteiger charge is 2.01. The van der Waals surface area contributed by atoms with E-state index in [2.05, 4.69) is 51.9 Å². The molecular weight excluding hydrogens is 310 g/mol. The van der Waals surface area contributed by atoms with E-state index < -0.39 is 0 Å². The van der Waals surface area contributed by atoms with Crippen molar-refractivity contribution in [1.82, 2.24) is 20.4 Å². The van der Waals surface area contributed by atoms with Crippen LogP contribution in [0.3, 0.4) is 0 Å². The van der Waals surface area contributed by atoms with Crippen LogP contribution in [0.1, 0.15) is 18.1 Å². The maximum absolute atomic E-state index is 4.69. The van der Waals surface area contributed by atoms with Crippen molar-refractivity contribution in [2.75, 3.05) is 6.54 Å². The first-order valence-electron chi connectivity index (χ1n) is 8.50. The number of hydrogen-bond acceptors (Lipinski definition) is 2. The van der Waals surface area contributed by atoms with Gasteiger partial charge in [0.05, 0.1) is 12.2 Å². The molecule has 0 amide bonds. The molecule has 0 aliphatic rings. The molecular formula is C20H23N5. The van der Waals surface area contributed by atoms with Gasteiger partial charge in [-0.25, -0.2) is 9.67 Å². The van der Waals surface area contributed by atoms with Crippen LogP contribution in [0.15, 0.2) is 78.0 Å². The van der Waals surface area contributed by atoms with E-state index in [4.69, 9.17) is 0 Å². The number of guanidine groups is 1.